The number of fused-ring (bicyclic) bond motifs is 2. The van der Waals surface area contributed by atoms with E-state index in [0.29, 0.717) is 38.9 Å². The minimum absolute atomic E-state index is 0.0657. The van der Waals surface area contributed by atoms with Crippen LogP contribution in [0, 0.1) is 6.92 Å². The zero-order valence-electron chi connectivity index (χ0n) is 30.2. The summed E-state index contributed by atoms with van der Waals surface area (Å²) in [5.74, 6) is -2.63. The number of alkyl halides is 6. The van der Waals surface area contributed by atoms with Crippen molar-refractivity contribution in [3.63, 3.8) is 0 Å². The van der Waals surface area contributed by atoms with Crippen LogP contribution in [0.25, 0.3) is 23.7 Å². The molecule has 0 aliphatic heterocycles. The first-order chi connectivity index (χ1) is 27.2. The van der Waals surface area contributed by atoms with Gasteiger partial charge < -0.3 is 17.8 Å². The molecule has 18 heteroatoms. The molecular formula is C40H30F6O10S2. The number of ether oxygens (including phenoxy) is 2. The Morgan fingerprint density at radius 1 is 0.672 bits per heavy atom. The van der Waals surface area contributed by atoms with E-state index in [0.717, 1.165) is 7.11 Å². The molecule has 58 heavy (non-hydrogen) atoms. The third-order valence-corrected chi connectivity index (χ3v) is 11.2. The lowest BCUT2D eigenvalue weighted by atomic mass is 9.94. The van der Waals surface area contributed by atoms with Crippen LogP contribution < -0.4 is 4.74 Å². The highest BCUT2D eigenvalue weighted by Gasteiger charge is 2.50. The summed E-state index contributed by atoms with van der Waals surface area (Å²) in [7, 11) is -10.7. The van der Waals surface area contributed by atoms with Crippen molar-refractivity contribution in [1.82, 2.24) is 0 Å². The lowest BCUT2D eigenvalue weighted by molar-refractivity contribution is -0.0514. The fourth-order valence-electron chi connectivity index (χ4n) is 6.41. The molecule has 0 unspecified atom stereocenters. The van der Waals surface area contributed by atoms with Crippen molar-refractivity contribution in [2.24, 2.45) is 0 Å². The number of methoxy groups -OCH3 is 1. The quantitative estimate of drug-likeness (QED) is 0.0341. The summed E-state index contributed by atoms with van der Waals surface area (Å²) in [5.41, 5.74) is -7.30. The summed E-state index contributed by atoms with van der Waals surface area (Å²) in [6.07, 6.45) is 6.36. The molecular weight excluding hydrogens is 819 g/mol. The third-order valence-electron chi connectivity index (χ3n) is 9.28. The molecule has 4 aromatic rings. The van der Waals surface area contributed by atoms with Crippen molar-refractivity contribution in [3.05, 3.63) is 146 Å². The van der Waals surface area contributed by atoms with Gasteiger partial charge in [-0.1, -0.05) is 66.7 Å². The largest absolute Gasteiger partial charge is 0.534 e. The standard InChI is InChI=1S/C40H30F6O10S2/c1-23-25(15-16-27-6-4-8-29-19-22-33(35(27)29)56-58(51,52)40(44,45)46)17-20-31(38(48)53-2)36(23)54-37(47)30-13-10-24(11-14-30)9-12-26-5-3-7-28-18-21-32(34(26)28)55-57(49,50)39(41,42)43/h3-14,17,20-22H,15-16,18-19H2,1-2H3/b12-9+. The Hall–Kier alpha value is -5.88. The second-order valence-electron chi connectivity index (χ2n) is 12.9. The molecule has 2 aliphatic rings. The highest BCUT2D eigenvalue weighted by Crippen LogP contribution is 2.39. The Morgan fingerprint density at radius 3 is 1.81 bits per heavy atom. The van der Waals surface area contributed by atoms with E-state index < -0.39 is 54.7 Å². The van der Waals surface area contributed by atoms with Crippen molar-refractivity contribution in [2.75, 3.05) is 7.11 Å². The van der Waals surface area contributed by atoms with Gasteiger partial charge in [0.1, 0.15) is 22.8 Å². The van der Waals surface area contributed by atoms with Crippen molar-refractivity contribution in [3.8, 4) is 5.75 Å². The van der Waals surface area contributed by atoms with E-state index >= 15 is 0 Å². The second-order valence-corrected chi connectivity index (χ2v) is 16.0. The zero-order valence-corrected chi connectivity index (χ0v) is 31.9. The minimum atomic E-state index is -5.92. The number of benzene rings is 4. The minimum Gasteiger partial charge on any atom is -0.465 e. The van der Waals surface area contributed by atoms with Gasteiger partial charge in [-0.2, -0.15) is 43.2 Å². The number of allylic oxidation sites excluding steroid dienone is 2. The van der Waals surface area contributed by atoms with Crippen LogP contribution >= 0.6 is 0 Å². The van der Waals surface area contributed by atoms with Gasteiger partial charge >= 0.3 is 43.2 Å². The van der Waals surface area contributed by atoms with Crippen LogP contribution in [0.5, 0.6) is 5.75 Å². The van der Waals surface area contributed by atoms with Crippen LogP contribution in [0.1, 0.15) is 70.8 Å². The van der Waals surface area contributed by atoms with Gasteiger partial charge in [0, 0.05) is 11.1 Å². The molecule has 0 amide bonds. The maximum Gasteiger partial charge on any atom is 0.534 e. The molecule has 0 radical (unpaired) electrons. The van der Waals surface area contributed by atoms with Crippen LogP contribution in [0.4, 0.5) is 26.3 Å². The van der Waals surface area contributed by atoms with Gasteiger partial charge in [0.05, 0.1) is 12.7 Å². The van der Waals surface area contributed by atoms with Crippen molar-refractivity contribution < 1.29 is 70.6 Å². The molecule has 0 spiro atoms. The zero-order chi connectivity index (χ0) is 42.2. The summed E-state index contributed by atoms with van der Waals surface area (Å²) in [5, 5.41) is 0. The number of rotatable bonds is 12. The monoisotopic (exact) mass is 848 g/mol. The van der Waals surface area contributed by atoms with Gasteiger partial charge in [0.15, 0.2) is 0 Å². The summed E-state index contributed by atoms with van der Waals surface area (Å²) >= 11 is 0. The molecule has 10 nitrogen and oxygen atoms in total. The molecule has 0 fully saturated rings. The molecule has 0 bridgehead atoms. The third kappa shape index (κ3) is 8.52. The van der Waals surface area contributed by atoms with E-state index in [1.54, 1.807) is 73.7 Å². The van der Waals surface area contributed by atoms with E-state index in [2.05, 4.69) is 8.37 Å². The molecule has 0 N–H and O–H groups in total. The van der Waals surface area contributed by atoms with E-state index in [1.807, 2.05) is 0 Å². The fraction of sp³-hybridized carbons (Fsp3) is 0.200. The lowest BCUT2D eigenvalue weighted by Gasteiger charge is -2.17. The number of aryl methyl sites for hydroxylation is 2. The fourth-order valence-corrected chi connectivity index (χ4v) is 7.38. The average molecular weight is 849 g/mol. The van der Waals surface area contributed by atoms with E-state index in [1.165, 1.54) is 30.4 Å². The average Bonchev–Trinajstić information content (AvgIpc) is 3.77. The Morgan fingerprint density at radius 2 is 1.22 bits per heavy atom. The van der Waals surface area contributed by atoms with Crippen LogP contribution in [0.2, 0.25) is 0 Å². The van der Waals surface area contributed by atoms with Gasteiger partial charge in [-0.25, -0.2) is 9.59 Å². The van der Waals surface area contributed by atoms with Crippen molar-refractivity contribution in [2.45, 2.75) is 43.6 Å². The molecule has 0 atom stereocenters. The smallest absolute Gasteiger partial charge is 0.465 e. The maximum absolute atomic E-state index is 13.4. The molecule has 0 saturated heterocycles. The topological polar surface area (TPSA) is 139 Å². The predicted molar refractivity (Wildman–Crippen MR) is 199 cm³/mol. The number of carbonyl (C=O) groups excluding carboxylic acids is 2. The molecule has 0 heterocycles. The van der Waals surface area contributed by atoms with Crippen LogP contribution in [0.3, 0.4) is 0 Å². The highest BCUT2D eigenvalue weighted by atomic mass is 32.2. The van der Waals surface area contributed by atoms with Gasteiger partial charge in [-0.15, -0.1) is 0 Å². The van der Waals surface area contributed by atoms with Crippen molar-refractivity contribution in [1.29, 1.82) is 0 Å². The Bertz CT molecular complexity index is 2630. The van der Waals surface area contributed by atoms with Crippen LogP contribution in [-0.4, -0.2) is 46.9 Å². The van der Waals surface area contributed by atoms with Gasteiger partial charge in [0.25, 0.3) is 0 Å². The Kier molecular flexibility index (Phi) is 11.4. The first kappa shape index (κ1) is 41.7. The number of esters is 2. The first-order valence-corrected chi connectivity index (χ1v) is 19.9. The molecule has 2 aliphatic carbocycles. The number of carbonyl (C=O) groups is 2. The highest BCUT2D eigenvalue weighted by molar-refractivity contribution is 7.88. The van der Waals surface area contributed by atoms with Gasteiger partial charge in [-0.3, -0.25) is 0 Å². The van der Waals surface area contributed by atoms with Crippen LogP contribution in [-0.2, 0) is 59.0 Å². The maximum atomic E-state index is 13.4. The Balaban J connectivity index is 1.19. The van der Waals surface area contributed by atoms with Gasteiger partial charge in [0.2, 0.25) is 0 Å². The second kappa shape index (κ2) is 15.8. The lowest BCUT2D eigenvalue weighted by Crippen LogP contribution is -2.25. The van der Waals surface area contributed by atoms with Crippen LogP contribution in [0.15, 0.2) is 84.9 Å². The first-order valence-electron chi connectivity index (χ1n) is 17.1. The van der Waals surface area contributed by atoms with E-state index in [4.69, 9.17) is 9.47 Å². The number of hydrogen-bond acceptors (Lipinski definition) is 10. The number of hydrogen-bond donors (Lipinski definition) is 0. The summed E-state index contributed by atoms with van der Waals surface area (Å²) in [6, 6.07) is 18.8. The molecule has 4 aromatic carbocycles. The normalized spacial score (nSPS) is 14.1. The summed E-state index contributed by atoms with van der Waals surface area (Å²) in [6.45, 7) is 1.60. The Labute approximate surface area is 328 Å². The van der Waals surface area contributed by atoms with Gasteiger partial charge in [-0.05, 0) is 102 Å². The van der Waals surface area contributed by atoms with Crippen molar-refractivity contribution >= 4 is 55.8 Å². The predicted octanol–water partition coefficient (Wildman–Crippen LogP) is 8.48. The molecule has 0 saturated carbocycles. The molecule has 0 aromatic heterocycles. The summed E-state index contributed by atoms with van der Waals surface area (Å²) in [4.78, 5) is 26.1. The number of halogens is 6. The van der Waals surface area contributed by atoms with E-state index in [9.17, 15) is 52.8 Å². The van der Waals surface area contributed by atoms with E-state index in [-0.39, 0.29) is 53.7 Å². The SMILES string of the molecule is COC(=O)c1ccc(CCc2cccc3c2C(OS(=O)(=O)C(F)(F)F)=CC3)c(C)c1OC(=O)c1ccc(/C=C/c2cccc3c2C(OS(=O)(=O)C(F)(F)F)=CC3)cc1. The molecule has 6 rings (SSSR count). The summed E-state index contributed by atoms with van der Waals surface area (Å²) < 4.78 is 145. The molecule has 304 valence electrons.